The molecular formula is C22H17ClN2O4. The number of carbonyl (C=O) groups excluding carboxylic acids is 2. The molecule has 1 N–H and O–H groups in total. The molecule has 6 nitrogen and oxygen atoms in total. The zero-order chi connectivity index (χ0) is 20.0. The van der Waals surface area contributed by atoms with Crippen LogP contribution in [0.15, 0.2) is 59.4 Å². The fraction of sp³-hybridized carbons (Fsp3) is 0.182. The van der Waals surface area contributed by atoms with E-state index in [9.17, 15) is 9.59 Å². The van der Waals surface area contributed by atoms with Gasteiger partial charge in [0.2, 0.25) is 0 Å². The summed E-state index contributed by atoms with van der Waals surface area (Å²) in [6.45, 7) is 0.596. The molecular weight excluding hydrogens is 392 g/mol. The van der Waals surface area contributed by atoms with E-state index in [0.717, 1.165) is 23.2 Å². The quantitative estimate of drug-likeness (QED) is 0.708. The number of benzene rings is 2. The van der Waals surface area contributed by atoms with Crippen molar-refractivity contribution in [3.05, 3.63) is 76.7 Å². The van der Waals surface area contributed by atoms with Crippen LogP contribution >= 0.6 is 11.6 Å². The smallest absolute Gasteiger partial charge is 0.265 e. The van der Waals surface area contributed by atoms with E-state index in [1.165, 1.54) is 12.5 Å². The van der Waals surface area contributed by atoms with Crippen LogP contribution in [-0.4, -0.2) is 24.5 Å². The van der Waals surface area contributed by atoms with Crippen LogP contribution in [0.1, 0.15) is 21.5 Å². The van der Waals surface area contributed by atoms with Crippen LogP contribution in [0.5, 0.6) is 5.75 Å². The van der Waals surface area contributed by atoms with Crippen LogP contribution < -0.4 is 15.0 Å². The number of nitrogens with one attached hydrogen (secondary N) is 1. The fourth-order valence-corrected chi connectivity index (χ4v) is 4.01. The number of carbonyl (C=O) groups is 2. The summed E-state index contributed by atoms with van der Waals surface area (Å²) in [6.07, 6.45) is 3.56. The van der Waals surface area contributed by atoms with E-state index in [0.29, 0.717) is 35.0 Å². The molecule has 2 aromatic carbocycles. The van der Waals surface area contributed by atoms with Gasteiger partial charge in [-0.05, 0) is 60.0 Å². The minimum atomic E-state index is -0.587. The Hall–Kier alpha value is -3.25. The first-order valence-corrected chi connectivity index (χ1v) is 9.69. The first-order valence-electron chi connectivity index (χ1n) is 9.31. The van der Waals surface area contributed by atoms with Gasteiger partial charge in [-0.2, -0.15) is 0 Å². The summed E-state index contributed by atoms with van der Waals surface area (Å²) in [5.74, 6) is 0.392. The van der Waals surface area contributed by atoms with Crippen molar-refractivity contribution in [2.45, 2.75) is 18.9 Å². The summed E-state index contributed by atoms with van der Waals surface area (Å²) >= 11 is 6.01. The molecule has 29 heavy (non-hydrogen) atoms. The third kappa shape index (κ3) is 3.25. The maximum atomic E-state index is 12.7. The van der Waals surface area contributed by atoms with Gasteiger partial charge in [0.15, 0.2) is 6.10 Å². The summed E-state index contributed by atoms with van der Waals surface area (Å²) in [5.41, 5.74) is 4.01. The Morgan fingerprint density at radius 1 is 1.10 bits per heavy atom. The molecule has 3 heterocycles. The lowest BCUT2D eigenvalue weighted by molar-refractivity contribution is -0.122. The molecule has 3 aromatic rings. The van der Waals surface area contributed by atoms with Gasteiger partial charge in [0.05, 0.1) is 11.8 Å². The lowest BCUT2D eigenvalue weighted by Crippen LogP contribution is -2.31. The van der Waals surface area contributed by atoms with Crippen molar-refractivity contribution in [2.24, 2.45) is 0 Å². The highest BCUT2D eigenvalue weighted by atomic mass is 35.5. The number of hydrogen-bond donors (Lipinski definition) is 1. The lowest BCUT2D eigenvalue weighted by Gasteiger charge is -2.17. The zero-order valence-corrected chi connectivity index (χ0v) is 16.1. The number of anilines is 2. The number of amides is 2. The predicted molar refractivity (Wildman–Crippen MR) is 109 cm³/mol. The maximum absolute atomic E-state index is 12.7. The van der Waals surface area contributed by atoms with Crippen LogP contribution in [0.3, 0.4) is 0 Å². The highest BCUT2D eigenvalue weighted by Crippen LogP contribution is 2.33. The molecule has 0 unspecified atom stereocenters. The molecule has 0 aliphatic carbocycles. The van der Waals surface area contributed by atoms with Crippen LogP contribution in [-0.2, 0) is 17.6 Å². The van der Waals surface area contributed by atoms with Gasteiger partial charge in [0, 0.05) is 29.4 Å². The van der Waals surface area contributed by atoms with Gasteiger partial charge in [-0.1, -0.05) is 11.6 Å². The van der Waals surface area contributed by atoms with Gasteiger partial charge in [-0.25, -0.2) is 0 Å². The average molecular weight is 409 g/mol. The van der Waals surface area contributed by atoms with Crippen LogP contribution in [0, 0.1) is 0 Å². The van der Waals surface area contributed by atoms with Crippen LogP contribution in [0.25, 0.3) is 0 Å². The summed E-state index contributed by atoms with van der Waals surface area (Å²) in [5, 5.41) is 3.55. The summed E-state index contributed by atoms with van der Waals surface area (Å²) in [6, 6.07) is 12.6. The van der Waals surface area contributed by atoms with E-state index >= 15 is 0 Å². The number of fused-ring (bicyclic) bond motifs is 2. The summed E-state index contributed by atoms with van der Waals surface area (Å²) in [4.78, 5) is 27.0. The maximum Gasteiger partial charge on any atom is 0.265 e. The van der Waals surface area contributed by atoms with Crippen molar-refractivity contribution in [1.29, 1.82) is 0 Å². The molecule has 2 aliphatic heterocycles. The molecule has 0 saturated heterocycles. The molecule has 0 radical (unpaired) electrons. The van der Waals surface area contributed by atoms with Crippen molar-refractivity contribution in [1.82, 2.24) is 0 Å². The number of hydrogen-bond acceptors (Lipinski definition) is 4. The molecule has 0 bridgehead atoms. The monoisotopic (exact) mass is 408 g/mol. The Bertz CT molecular complexity index is 1110. The molecule has 146 valence electrons. The summed E-state index contributed by atoms with van der Waals surface area (Å²) < 4.78 is 10.8. The van der Waals surface area contributed by atoms with Crippen LogP contribution in [0.4, 0.5) is 11.4 Å². The molecule has 0 fully saturated rings. The van der Waals surface area contributed by atoms with E-state index in [1.54, 1.807) is 29.2 Å². The first kappa shape index (κ1) is 17.8. The standard InChI is InChI=1S/C22H17ClN2O4/c23-16-1-4-19-15(9-16)11-20(29-19)21(26)24-17-2-3-18-13(10-17)5-7-25(18)22(27)14-6-8-28-12-14/h1-4,6,8-10,12,20H,5,7,11H2,(H,24,26)/t20-/m0/s1. The second-order valence-electron chi connectivity index (χ2n) is 7.11. The van der Waals surface area contributed by atoms with Gasteiger partial charge in [-0.15, -0.1) is 0 Å². The average Bonchev–Trinajstić information content (AvgIpc) is 3.45. The number of nitrogens with zero attached hydrogens (tertiary/aromatic N) is 1. The summed E-state index contributed by atoms with van der Waals surface area (Å²) in [7, 11) is 0. The molecule has 1 aromatic heterocycles. The Balaban J connectivity index is 1.29. The molecule has 7 heteroatoms. The predicted octanol–water partition coefficient (Wildman–Crippen LogP) is 4.08. The highest BCUT2D eigenvalue weighted by molar-refractivity contribution is 6.30. The van der Waals surface area contributed by atoms with Crippen molar-refractivity contribution in [2.75, 3.05) is 16.8 Å². The van der Waals surface area contributed by atoms with Gasteiger partial charge >= 0.3 is 0 Å². The second kappa shape index (κ2) is 6.97. The zero-order valence-electron chi connectivity index (χ0n) is 15.4. The normalized spacial score (nSPS) is 16.9. The Labute approximate surface area is 172 Å². The second-order valence-corrected chi connectivity index (χ2v) is 7.55. The largest absolute Gasteiger partial charge is 0.480 e. The number of ether oxygens (including phenoxy) is 1. The van der Waals surface area contributed by atoms with E-state index in [-0.39, 0.29) is 11.8 Å². The third-order valence-corrected chi connectivity index (χ3v) is 5.48. The topological polar surface area (TPSA) is 71.8 Å². The minimum absolute atomic E-state index is 0.0925. The number of furan rings is 1. The van der Waals surface area contributed by atoms with Crippen molar-refractivity contribution in [3.63, 3.8) is 0 Å². The number of rotatable bonds is 3. The van der Waals surface area contributed by atoms with Crippen molar-refractivity contribution < 1.29 is 18.7 Å². The molecule has 0 spiro atoms. The van der Waals surface area contributed by atoms with Gasteiger partial charge in [0.1, 0.15) is 12.0 Å². The molecule has 1 atom stereocenters. The van der Waals surface area contributed by atoms with E-state index in [2.05, 4.69) is 5.32 Å². The SMILES string of the molecule is O=C(Nc1ccc2c(c1)CCN2C(=O)c1ccoc1)[C@@H]1Cc2cc(Cl)ccc2O1. The number of halogens is 1. The van der Waals surface area contributed by atoms with Gasteiger partial charge in [-0.3, -0.25) is 9.59 Å². The third-order valence-electron chi connectivity index (χ3n) is 5.25. The van der Waals surface area contributed by atoms with Gasteiger partial charge in [0.25, 0.3) is 11.8 Å². The van der Waals surface area contributed by atoms with Gasteiger partial charge < -0.3 is 19.4 Å². The van der Waals surface area contributed by atoms with E-state index < -0.39 is 6.10 Å². The van der Waals surface area contributed by atoms with Crippen LogP contribution in [0.2, 0.25) is 5.02 Å². The molecule has 2 amide bonds. The Morgan fingerprint density at radius 3 is 2.83 bits per heavy atom. The molecule has 5 rings (SSSR count). The van der Waals surface area contributed by atoms with Crippen molar-refractivity contribution >= 4 is 34.8 Å². The Morgan fingerprint density at radius 2 is 2.00 bits per heavy atom. The van der Waals surface area contributed by atoms with Crippen molar-refractivity contribution in [3.8, 4) is 5.75 Å². The highest BCUT2D eigenvalue weighted by Gasteiger charge is 2.30. The van der Waals surface area contributed by atoms with E-state index in [4.69, 9.17) is 20.8 Å². The minimum Gasteiger partial charge on any atom is -0.480 e. The lowest BCUT2D eigenvalue weighted by atomic mass is 10.1. The first-order chi connectivity index (χ1) is 14.1. The molecule has 0 saturated carbocycles. The fourth-order valence-electron chi connectivity index (χ4n) is 3.82. The Kier molecular flexibility index (Phi) is 4.28. The van der Waals surface area contributed by atoms with E-state index in [1.807, 2.05) is 18.2 Å². The molecule has 2 aliphatic rings.